The Kier molecular flexibility index (Phi) is 4.97. The summed E-state index contributed by atoms with van der Waals surface area (Å²) >= 11 is 7.91. The van der Waals surface area contributed by atoms with E-state index >= 15 is 0 Å². The van der Waals surface area contributed by atoms with E-state index in [0.29, 0.717) is 0 Å². The number of rotatable bonds is 4. The van der Waals surface area contributed by atoms with Crippen LogP contribution in [0.3, 0.4) is 0 Å². The average Bonchev–Trinajstić information content (AvgIpc) is 2.99. The van der Waals surface area contributed by atoms with Crippen molar-refractivity contribution in [2.45, 2.75) is 30.6 Å². The van der Waals surface area contributed by atoms with Gasteiger partial charge in [-0.05, 0) is 49.1 Å². The Bertz CT molecular complexity index is 631. The van der Waals surface area contributed by atoms with E-state index in [4.69, 9.17) is 16.3 Å². The fourth-order valence-electron chi connectivity index (χ4n) is 2.77. The van der Waals surface area contributed by atoms with Crippen molar-refractivity contribution >= 4 is 29.1 Å². The molecule has 0 amide bonds. The minimum atomic E-state index is -0.0659. The molecule has 0 spiro atoms. The number of halogens is 1. The highest BCUT2D eigenvalue weighted by atomic mass is 35.5. The molecular weight excluding hydrogens is 314 g/mol. The van der Waals surface area contributed by atoms with Crippen LogP contribution in [0.15, 0.2) is 53.4 Å². The van der Waals surface area contributed by atoms with Crippen molar-refractivity contribution in [1.29, 1.82) is 0 Å². The Balaban J connectivity index is 1.91. The molecular formula is C18H20ClNOS. The van der Waals surface area contributed by atoms with Crippen LogP contribution >= 0.6 is 23.4 Å². The molecule has 0 aromatic heterocycles. The molecule has 1 saturated heterocycles. The third-order valence-corrected chi connectivity index (χ3v) is 4.98. The van der Waals surface area contributed by atoms with Crippen LogP contribution < -0.4 is 4.90 Å². The minimum Gasteiger partial charge on any atom is -0.349 e. The number of hydrogen-bond acceptors (Lipinski definition) is 3. The van der Waals surface area contributed by atoms with Gasteiger partial charge in [-0.2, -0.15) is 0 Å². The Morgan fingerprint density at radius 1 is 1.23 bits per heavy atom. The number of hydrogen-bond donors (Lipinski definition) is 0. The maximum Gasteiger partial charge on any atom is 0.157 e. The highest BCUT2D eigenvalue weighted by Crippen LogP contribution is 2.36. The van der Waals surface area contributed by atoms with E-state index in [9.17, 15) is 0 Å². The molecule has 2 aromatic rings. The van der Waals surface area contributed by atoms with Gasteiger partial charge < -0.3 is 9.64 Å². The van der Waals surface area contributed by atoms with E-state index in [0.717, 1.165) is 23.6 Å². The first-order valence-electron chi connectivity index (χ1n) is 7.53. The molecule has 4 heteroatoms. The van der Waals surface area contributed by atoms with E-state index in [2.05, 4.69) is 48.4 Å². The molecule has 0 saturated carbocycles. The minimum absolute atomic E-state index is 0.0659. The van der Waals surface area contributed by atoms with Gasteiger partial charge in [-0.1, -0.05) is 30.7 Å². The zero-order valence-corrected chi connectivity index (χ0v) is 14.4. The normalized spacial score (nSPS) is 21.3. The Morgan fingerprint density at radius 2 is 2.00 bits per heavy atom. The molecule has 2 atom stereocenters. The number of anilines is 1. The molecule has 0 aliphatic carbocycles. The molecule has 0 bridgehead atoms. The van der Waals surface area contributed by atoms with E-state index in [1.165, 1.54) is 10.6 Å². The van der Waals surface area contributed by atoms with Crippen molar-refractivity contribution in [1.82, 2.24) is 0 Å². The van der Waals surface area contributed by atoms with E-state index in [1.54, 1.807) is 11.8 Å². The van der Waals surface area contributed by atoms with Crippen LogP contribution in [0, 0.1) is 0 Å². The summed E-state index contributed by atoms with van der Waals surface area (Å²) in [5.41, 5.74) is 2.30. The lowest BCUT2D eigenvalue weighted by atomic mass is 10.1. The molecule has 1 fully saturated rings. The van der Waals surface area contributed by atoms with Crippen molar-refractivity contribution in [3.05, 3.63) is 59.1 Å². The van der Waals surface area contributed by atoms with Crippen molar-refractivity contribution < 1.29 is 4.74 Å². The molecule has 2 aromatic carbocycles. The molecule has 0 N–H and O–H groups in total. The topological polar surface area (TPSA) is 12.5 Å². The Labute approximate surface area is 141 Å². The second-order valence-corrected chi connectivity index (χ2v) is 6.74. The zero-order chi connectivity index (χ0) is 15.5. The molecule has 22 heavy (non-hydrogen) atoms. The van der Waals surface area contributed by atoms with Gasteiger partial charge in [0.15, 0.2) is 6.23 Å². The van der Waals surface area contributed by atoms with Gasteiger partial charge in [-0.25, -0.2) is 0 Å². The van der Waals surface area contributed by atoms with Crippen molar-refractivity contribution in [3.63, 3.8) is 0 Å². The Hall–Kier alpha value is -1.16. The van der Waals surface area contributed by atoms with Crippen LogP contribution in [0.25, 0.3) is 0 Å². The lowest BCUT2D eigenvalue weighted by molar-refractivity contribution is 0.0463. The van der Waals surface area contributed by atoms with Crippen LogP contribution in [0.5, 0.6) is 0 Å². The largest absolute Gasteiger partial charge is 0.349 e. The smallest absolute Gasteiger partial charge is 0.157 e. The van der Waals surface area contributed by atoms with Gasteiger partial charge in [0.05, 0.1) is 6.10 Å². The summed E-state index contributed by atoms with van der Waals surface area (Å²) in [7, 11) is 0. The van der Waals surface area contributed by atoms with E-state index in [1.807, 2.05) is 18.2 Å². The highest BCUT2D eigenvalue weighted by molar-refractivity contribution is 7.98. The van der Waals surface area contributed by atoms with Gasteiger partial charge >= 0.3 is 0 Å². The molecule has 3 rings (SSSR count). The van der Waals surface area contributed by atoms with Crippen molar-refractivity contribution in [3.8, 4) is 0 Å². The molecule has 116 valence electrons. The summed E-state index contributed by atoms with van der Waals surface area (Å²) in [6.45, 7) is 3.08. The van der Waals surface area contributed by atoms with Gasteiger partial charge in [-0.3, -0.25) is 0 Å². The monoisotopic (exact) mass is 333 g/mol. The quantitative estimate of drug-likeness (QED) is 0.697. The predicted octanol–water partition coefficient (Wildman–Crippen LogP) is 5.38. The van der Waals surface area contributed by atoms with Crippen LogP contribution in [0.1, 0.15) is 25.1 Å². The first-order chi connectivity index (χ1) is 10.7. The second kappa shape index (κ2) is 6.95. The zero-order valence-electron chi connectivity index (χ0n) is 12.8. The fourth-order valence-corrected chi connectivity index (χ4v) is 3.38. The van der Waals surface area contributed by atoms with Crippen LogP contribution in [0.4, 0.5) is 5.69 Å². The molecule has 2 nitrogen and oxygen atoms in total. The number of nitrogens with zero attached hydrogens (tertiary/aromatic N) is 1. The molecule has 1 aliphatic rings. The first-order valence-corrected chi connectivity index (χ1v) is 9.13. The second-order valence-electron chi connectivity index (χ2n) is 5.42. The fraction of sp³-hybridized carbons (Fsp3) is 0.333. The lowest BCUT2D eigenvalue weighted by Crippen LogP contribution is -2.24. The first kappa shape index (κ1) is 15.7. The third kappa shape index (κ3) is 3.27. The molecule has 1 aliphatic heterocycles. The standard InChI is InChI=1S/C18H20ClNOS/c1-3-16-12-20(15-7-9-17(22-2)10-8-15)18(21-16)13-5-4-6-14(19)11-13/h4-11,16,18H,3,12H2,1-2H3. The average molecular weight is 334 g/mol. The van der Waals surface area contributed by atoms with Gasteiger partial charge in [0.1, 0.15) is 0 Å². The number of benzene rings is 2. The number of ether oxygens (including phenoxy) is 1. The van der Waals surface area contributed by atoms with Crippen molar-refractivity contribution in [2.24, 2.45) is 0 Å². The summed E-state index contributed by atoms with van der Waals surface area (Å²) in [6, 6.07) is 16.6. The van der Waals surface area contributed by atoms with E-state index in [-0.39, 0.29) is 12.3 Å². The maximum absolute atomic E-state index is 6.24. The maximum atomic E-state index is 6.24. The SMILES string of the molecule is CCC1CN(c2ccc(SC)cc2)C(c2cccc(Cl)c2)O1. The predicted molar refractivity (Wildman–Crippen MR) is 94.9 cm³/mol. The van der Waals surface area contributed by atoms with Crippen LogP contribution in [-0.2, 0) is 4.74 Å². The van der Waals surface area contributed by atoms with Crippen LogP contribution in [0.2, 0.25) is 5.02 Å². The van der Waals surface area contributed by atoms with Gasteiger partial charge in [0.2, 0.25) is 0 Å². The van der Waals surface area contributed by atoms with Crippen molar-refractivity contribution in [2.75, 3.05) is 17.7 Å². The van der Waals surface area contributed by atoms with Gasteiger partial charge in [-0.15, -0.1) is 11.8 Å². The molecule has 2 unspecified atom stereocenters. The lowest BCUT2D eigenvalue weighted by Gasteiger charge is -2.25. The summed E-state index contributed by atoms with van der Waals surface area (Å²) < 4.78 is 6.24. The molecule has 0 radical (unpaired) electrons. The van der Waals surface area contributed by atoms with Crippen LogP contribution in [-0.4, -0.2) is 18.9 Å². The summed E-state index contributed by atoms with van der Waals surface area (Å²) in [4.78, 5) is 3.60. The third-order valence-electron chi connectivity index (χ3n) is 4.00. The summed E-state index contributed by atoms with van der Waals surface area (Å²) in [5.74, 6) is 0. The summed E-state index contributed by atoms with van der Waals surface area (Å²) in [6.07, 6.45) is 3.29. The summed E-state index contributed by atoms with van der Waals surface area (Å²) in [5, 5.41) is 0.749. The van der Waals surface area contributed by atoms with Gasteiger partial charge in [0.25, 0.3) is 0 Å². The Morgan fingerprint density at radius 3 is 2.64 bits per heavy atom. The molecule has 1 heterocycles. The highest BCUT2D eigenvalue weighted by Gasteiger charge is 2.33. The van der Waals surface area contributed by atoms with E-state index < -0.39 is 0 Å². The number of thioether (sulfide) groups is 1. The van der Waals surface area contributed by atoms with Gasteiger partial charge in [0, 0.05) is 27.7 Å².